The number of halogens is 1. The van der Waals surface area contributed by atoms with Crippen molar-refractivity contribution in [3.05, 3.63) is 53.7 Å². The molecule has 6 nitrogen and oxygen atoms in total. The lowest BCUT2D eigenvalue weighted by Crippen LogP contribution is -2.04. The van der Waals surface area contributed by atoms with E-state index in [0.29, 0.717) is 17.3 Å². The third-order valence-corrected chi connectivity index (χ3v) is 4.18. The number of thiazole rings is 1. The number of rotatable bonds is 3. The van der Waals surface area contributed by atoms with E-state index in [1.807, 2.05) is 44.5 Å². The molecule has 0 fully saturated rings. The maximum atomic E-state index is 13.8. The second kappa shape index (κ2) is 7.35. The fourth-order valence-corrected chi connectivity index (χ4v) is 2.90. The van der Waals surface area contributed by atoms with Gasteiger partial charge in [-0.1, -0.05) is 13.8 Å². The highest BCUT2D eigenvalue weighted by molar-refractivity contribution is 7.13. The zero-order valence-corrected chi connectivity index (χ0v) is 14.9. The number of anilines is 2. The Labute approximate surface area is 148 Å². The lowest BCUT2D eigenvalue weighted by molar-refractivity contribution is 0.625. The van der Waals surface area contributed by atoms with Crippen LogP contribution in [0.15, 0.2) is 42.2 Å². The van der Waals surface area contributed by atoms with Gasteiger partial charge in [0.15, 0.2) is 16.6 Å². The van der Waals surface area contributed by atoms with Gasteiger partial charge < -0.3 is 5.32 Å². The van der Waals surface area contributed by atoms with Crippen LogP contribution in [-0.2, 0) is 0 Å². The monoisotopic (exact) mass is 356 g/mol. The van der Waals surface area contributed by atoms with Crippen LogP contribution in [0.2, 0.25) is 0 Å². The molecule has 0 amide bonds. The minimum atomic E-state index is -0.442. The van der Waals surface area contributed by atoms with Crippen LogP contribution in [0.3, 0.4) is 0 Å². The molecule has 4 rings (SSSR count). The van der Waals surface area contributed by atoms with Crippen LogP contribution in [0.25, 0.3) is 16.3 Å². The van der Waals surface area contributed by atoms with Gasteiger partial charge in [0.25, 0.3) is 0 Å². The molecule has 0 spiro atoms. The third-order valence-electron chi connectivity index (χ3n) is 3.23. The van der Waals surface area contributed by atoms with Gasteiger partial charge in [-0.2, -0.15) is 0 Å². The molecule has 4 aromatic heterocycles. The fourth-order valence-electron chi connectivity index (χ4n) is 2.18. The van der Waals surface area contributed by atoms with Crippen molar-refractivity contribution in [2.75, 3.05) is 5.32 Å². The first kappa shape index (κ1) is 17.0. The number of hydrogen-bond acceptors (Lipinski definition) is 6. The van der Waals surface area contributed by atoms with Gasteiger partial charge in [-0.3, -0.25) is 4.98 Å². The molecule has 128 valence electrons. The summed E-state index contributed by atoms with van der Waals surface area (Å²) in [6.45, 7) is 5.92. The van der Waals surface area contributed by atoms with E-state index in [0.717, 1.165) is 22.4 Å². The maximum Gasteiger partial charge on any atom is 0.211 e. The molecule has 0 aliphatic carbocycles. The molecule has 0 unspecified atom stereocenters. The maximum absolute atomic E-state index is 13.8. The van der Waals surface area contributed by atoms with Crippen molar-refractivity contribution in [3.63, 3.8) is 0 Å². The predicted octanol–water partition coefficient (Wildman–Crippen LogP) is 4.47. The minimum Gasteiger partial charge on any atom is -0.336 e. The number of fused-ring (bicyclic) bond motifs is 1. The lowest BCUT2D eigenvalue weighted by Gasteiger charge is -2.09. The summed E-state index contributed by atoms with van der Waals surface area (Å²) in [6, 6.07) is 5.28. The van der Waals surface area contributed by atoms with Crippen LogP contribution in [0.4, 0.5) is 15.9 Å². The van der Waals surface area contributed by atoms with E-state index in [4.69, 9.17) is 0 Å². The Morgan fingerprint density at radius 1 is 1.20 bits per heavy atom. The summed E-state index contributed by atoms with van der Waals surface area (Å²) < 4.78 is 15.5. The second-order valence-electron chi connectivity index (χ2n) is 4.90. The van der Waals surface area contributed by atoms with Crippen molar-refractivity contribution in [3.8, 4) is 10.8 Å². The van der Waals surface area contributed by atoms with Gasteiger partial charge in [0.05, 0.1) is 11.9 Å². The molecule has 4 aromatic rings. The third kappa shape index (κ3) is 3.48. The predicted molar refractivity (Wildman–Crippen MR) is 97.7 cm³/mol. The van der Waals surface area contributed by atoms with Crippen LogP contribution in [0, 0.1) is 12.7 Å². The molecule has 0 saturated heterocycles. The number of aromatic nitrogens is 5. The molecule has 0 aromatic carbocycles. The van der Waals surface area contributed by atoms with Crippen molar-refractivity contribution in [2.45, 2.75) is 20.8 Å². The van der Waals surface area contributed by atoms with Gasteiger partial charge in [0.1, 0.15) is 5.52 Å². The molecule has 0 saturated carbocycles. The van der Waals surface area contributed by atoms with Crippen LogP contribution < -0.4 is 5.32 Å². The van der Waals surface area contributed by atoms with Crippen LogP contribution in [0.5, 0.6) is 0 Å². The highest BCUT2D eigenvalue weighted by Gasteiger charge is 2.13. The van der Waals surface area contributed by atoms with Gasteiger partial charge in [0, 0.05) is 23.5 Å². The summed E-state index contributed by atoms with van der Waals surface area (Å²) in [7, 11) is 0. The van der Waals surface area contributed by atoms with Crippen molar-refractivity contribution >= 4 is 28.4 Å². The Kier molecular flexibility index (Phi) is 4.99. The van der Waals surface area contributed by atoms with E-state index in [1.165, 1.54) is 17.5 Å². The molecule has 0 radical (unpaired) electrons. The highest BCUT2D eigenvalue weighted by atomic mass is 32.1. The smallest absolute Gasteiger partial charge is 0.211 e. The molecular formula is C17H17FN6S. The molecule has 1 N–H and O–H groups in total. The largest absolute Gasteiger partial charge is 0.336 e. The zero-order valence-electron chi connectivity index (χ0n) is 14.1. The standard InChI is InChI=1S/C15H11FN6S.C2H6/c1-9-8-23-15(18-9)14-20-13(12-3-2-6-22(12)21-14)19-11-4-5-17-7-10(11)16;1-2/h2-8H,1H3,(H,17,19,20,21);1-2H3. The first-order valence-electron chi connectivity index (χ1n) is 7.85. The molecule has 0 aliphatic heterocycles. The number of pyridine rings is 1. The Morgan fingerprint density at radius 3 is 2.76 bits per heavy atom. The minimum absolute atomic E-state index is 0.308. The van der Waals surface area contributed by atoms with Crippen molar-refractivity contribution < 1.29 is 4.39 Å². The van der Waals surface area contributed by atoms with Gasteiger partial charge in [-0.15, -0.1) is 16.4 Å². The van der Waals surface area contributed by atoms with E-state index in [1.54, 1.807) is 10.6 Å². The summed E-state index contributed by atoms with van der Waals surface area (Å²) in [5, 5.41) is 10.1. The SMILES string of the molecule is CC.Cc1csc(-c2nc(Nc3ccncc3F)c3cccn3n2)n1. The Bertz CT molecular complexity index is 994. The van der Waals surface area contributed by atoms with Crippen molar-refractivity contribution in [1.29, 1.82) is 0 Å². The van der Waals surface area contributed by atoms with E-state index in [2.05, 4.69) is 25.4 Å². The number of aryl methyl sites for hydroxylation is 1. The van der Waals surface area contributed by atoms with Crippen LogP contribution >= 0.6 is 11.3 Å². The average Bonchev–Trinajstić information content (AvgIpc) is 3.27. The van der Waals surface area contributed by atoms with Gasteiger partial charge >= 0.3 is 0 Å². The number of hydrogen-bond donors (Lipinski definition) is 1. The van der Waals surface area contributed by atoms with Crippen LogP contribution in [0.1, 0.15) is 19.5 Å². The molecular weight excluding hydrogens is 339 g/mol. The van der Waals surface area contributed by atoms with E-state index in [9.17, 15) is 4.39 Å². The average molecular weight is 356 g/mol. The van der Waals surface area contributed by atoms with E-state index >= 15 is 0 Å². The summed E-state index contributed by atoms with van der Waals surface area (Å²) in [4.78, 5) is 12.7. The Morgan fingerprint density at radius 2 is 2.04 bits per heavy atom. The van der Waals surface area contributed by atoms with Crippen molar-refractivity contribution in [2.24, 2.45) is 0 Å². The van der Waals surface area contributed by atoms with E-state index in [-0.39, 0.29) is 0 Å². The molecule has 0 atom stereocenters. The number of nitrogens with one attached hydrogen (secondary N) is 1. The van der Waals surface area contributed by atoms with Gasteiger partial charge in [0.2, 0.25) is 5.82 Å². The summed E-state index contributed by atoms with van der Waals surface area (Å²) in [6.07, 6.45) is 4.49. The molecule has 0 aliphatic rings. The van der Waals surface area contributed by atoms with Crippen LogP contribution in [-0.4, -0.2) is 24.6 Å². The summed E-state index contributed by atoms with van der Waals surface area (Å²) >= 11 is 1.47. The number of nitrogens with zero attached hydrogens (tertiary/aromatic N) is 5. The first-order chi connectivity index (χ1) is 12.2. The highest BCUT2D eigenvalue weighted by Crippen LogP contribution is 2.26. The fraction of sp³-hybridized carbons (Fsp3) is 0.176. The van der Waals surface area contributed by atoms with Gasteiger partial charge in [-0.25, -0.2) is 18.9 Å². The second-order valence-corrected chi connectivity index (χ2v) is 5.75. The summed E-state index contributed by atoms with van der Waals surface area (Å²) in [5.41, 5.74) is 1.97. The normalized spacial score (nSPS) is 10.4. The zero-order chi connectivity index (χ0) is 17.8. The molecule has 4 heterocycles. The summed E-state index contributed by atoms with van der Waals surface area (Å²) in [5.74, 6) is 0.559. The quantitative estimate of drug-likeness (QED) is 0.587. The molecule has 0 bridgehead atoms. The van der Waals surface area contributed by atoms with Gasteiger partial charge in [-0.05, 0) is 25.1 Å². The first-order valence-corrected chi connectivity index (χ1v) is 8.73. The topological polar surface area (TPSA) is 68.0 Å². The molecule has 8 heteroatoms. The van der Waals surface area contributed by atoms with E-state index < -0.39 is 5.82 Å². The molecule has 25 heavy (non-hydrogen) atoms. The Hall–Kier alpha value is -2.87. The van der Waals surface area contributed by atoms with Crippen molar-refractivity contribution in [1.82, 2.24) is 24.6 Å². The Balaban J connectivity index is 0.000000880. The lowest BCUT2D eigenvalue weighted by atomic mass is 10.3.